The van der Waals surface area contributed by atoms with Gasteiger partial charge in [-0.2, -0.15) is 8.42 Å². The van der Waals surface area contributed by atoms with Crippen LogP contribution in [0.2, 0.25) is 0 Å². The van der Waals surface area contributed by atoms with Gasteiger partial charge in [0, 0.05) is 35.1 Å². The predicted molar refractivity (Wildman–Crippen MR) is 137 cm³/mol. The Morgan fingerprint density at radius 2 is 1.53 bits per heavy atom. The van der Waals surface area contributed by atoms with E-state index >= 15 is 0 Å². The molecule has 0 atom stereocenters. The quantitative estimate of drug-likeness (QED) is 0.322. The SMILES string of the molecule is O=C(Nc1ccnc(S(=O)(=O)Nc2ccc(-c3ccccc3)cc2)c1)c1cccc2ccc(=O)oc12. The number of nitrogens with zero attached hydrogens (tertiary/aromatic N) is 1. The Morgan fingerprint density at radius 1 is 0.778 bits per heavy atom. The van der Waals surface area contributed by atoms with Gasteiger partial charge >= 0.3 is 5.63 Å². The van der Waals surface area contributed by atoms with Crippen LogP contribution in [0.3, 0.4) is 0 Å². The number of sulfonamides is 1. The van der Waals surface area contributed by atoms with Crippen molar-refractivity contribution in [2.24, 2.45) is 0 Å². The maximum atomic E-state index is 12.9. The Kier molecular flexibility index (Phi) is 6.05. The van der Waals surface area contributed by atoms with E-state index in [2.05, 4.69) is 15.0 Å². The normalized spacial score (nSPS) is 11.2. The molecular weight excluding hydrogens is 478 g/mol. The molecule has 5 rings (SSSR count). The molecule has 178 valence electrons. The van der Waals surface area contributed by atoms with Gasteiger partial charge in [0.15, 0.2) is 10.6 Å². The van der Waals surface area contributed by atoms with Crippen LogP contribution in [0, 0.1) is 0 Å². The molecule has 0 aliphatic rings. The lowest BCUT2D eigenvalue weighted by molar-refractivity contribution is 0.102. The van der Waals surface area contributed by atoms with Crippen molar-refractivity contribution in [2.75, 3.05) is 10.0 Å². The van der Waals surface area contributed by atoms with E-state index in [1.54, 1.807) is 30.3 Å². The van der Waals surface area contributed by atoms with Crippen LogP contribution in [0.25, 0.3) is 22.1 Å². The number of carbonyl (C=O) groups is 1. The summed E-state index contributed by atoms with van der Waals surface area (Å²) >= 11 is 0. The lowest BCUT2D eigenvalue weighted by atomic mass is 10.1. The topological polar surface area (TPSA) is 118 Å². The van der Waals surface area contributed by atoms with E-state index in [0.717, 1.165) is 11.1 Å². The Labute approximate surface area is 206 Å². The molecule has 3 aromatic carbocycles. The van der Waals surface area contributed by atoms with Crippen molar-refractivity contribution < 1.29 is 17.6 Å². The molecular formula is C27H19N3O5S. The summed E-state index contributed by atoms with van der Waals surface area (Å²) in [5, 5.41) is 2.96. The average Bonchev–Trinajstić information content (AvgIpc) is 2.89. The Balaban J connectivity index is 1.35. The number of pyridine rings is 1. The monoisotopic (exact) mass is 497 g/mol. The van der Waals surface area contributed by atoms with Gasteiger partial charge in [0.1, 0.15) is 0 Å². The molecule has 0 aliphatic heterocycles. The molecule has 0 fully saturated rings. The van der Waals surface area contributed by atoms with E-state index in [0.29, 0.717) is 11.1 Å². The molecule has 2 N–H and O–H groups in total. The molecule has 0 bridgehead atoms. The van der Waals surface area contributed by atoms with Crippen molar-refractivity contribution in [3.05, 3.63) is 119 Å². The number of hydrogen-bond acceptors (Lipinski definition) is 6. The first-order chi connectivity index (χ1) is 17.4. The van der Waals surface area contributed by atoms with Crippen molar-refractivity contribution >= 4 is 38.3 Å². The lowest BCUT2D eigenvalue weighted by Gasteiger charge is -2.11. The summed E-state index contributed by atoms with van der Waals surface area (Å²) in [7, 11) is -4.03. The summed E-state index contributed by atoms with van der Waals surface area (Å²) < 4.78 is 33.6. The second-order valence-corrected chi connectivity index (χ2v) is 9.49. The first-order valence-electron chi connectivity index (χ1n) is 10.9. The molecule has 1 amide bonds. The number of rotatable bonds is 6. The number of carbonyl (C=O) groups excluding carboxylic acids is 1. The highest BCUT2D eigenvalue weighted by Crippen LogP contribution is 2.24. The highest BCUT2D eigenvalue weighted by atomic mass is 32.2. The van der Waals surface area contributed by atoms with Crippen LogP contribution in [0.15, 0.2) is 117 Å². The van der Waals surface area contributed by atoms with Gasteiger partial charge in [-0.1, -0.05) is 54.6 Å². The number of hydrogen-bond donors (Lipinski definition) is 2. The van der Waals surface area contributed by atoms with Crippen molar-refractivity contribution in [2.45, 2.75) is 5.03 Å². The van der Waals surface area contributed by atoms with Gasteiger partial charge in [-0.3, -0.25) is 9.52 Å². The number of anilines is 2. The number of para-hydroxylation sites is 1. The molecule has 0 unspecified atom stereocenters. The van der Waals surface area contributed by atoms with Gasteiger partial charge in [-0.15, -0.1) is 0 Å². The zero-order valence-electron chi connectivity index (χ0n) is 18.7. The molecule has 2 aromatic heterocycles. The smallest absolute Gasteiger partial charge is 0.336 e. The minimum atomic E-state index is -4.03. The van der Waals surface area contributed by atoms with Crippen molar-refractivity contribution in [1.29, 1.82) is 0 Å². The Bertz CT molecular complexity index is 1730. The minimum absolute atomic E-state index is 0.142. The second-order valence-electron chi connectivity index (χ2n) is 7.86. The maximum absolute atomic E-state index is 12.9. The van der Waals surface area contributed by atoms with Gasteiger partial charge in [-0.05, 0) is 41.5 Å². The predicted octanol–water partition coefficient (Wildman–Crippen LogP) is 4.91. The van der Waals surface area contributed by atoms with Crippen molar-refractivity contribution in [3.63, 3.8) is 0 Å². The summed E-state index contributed by atoms with van der Waals surface area (Å²) in [6.45, 7) is 0. The zero-order chi connectivity index (χ0) is 25.1. The maximum Gasteiger partial charge on any atom is 0.336 e. The van der Waals surface area contributed by atoms with Crippen LogP contribution in [-0.4, -0.2) is 19.3 Å². The van der Waals surface area contributed by atoms with Crippen LogP contribution in [0.4, 0.5) is 11.4 Å². The Morgan fingerprint density at radius 3 is 2.31 bits per heavy atom. The van der Waals surface area contributed by atoms with E-state index in [4.69, 9.17) is 4.42 Å². The summed E-state index contributed by atoms with van der Waals surface area (Å²) in [4.78, 5) is 28.5. The molecule has 0 aliphatic carbocycles. The molecule has 5 aromatic rings. The fourth-order valence-electron chi connectivity index (χ4n) is 3.67. The third-order valence-corrected chi connectivity index (χ3v) is 6.68. The van der Waals surface area contributed by atoms with Crippen LogP contribution < -0.4 is 15.7 Å². The molecule has 36 heavy (non-hydrogen) atoms. The molecule has 8 nitrogen and oxygen atoms in total. The second kappa shape index (κ2) is 9.47. The summed E-state index contributed by atoms with van der Waals surface area (Å²) in [5.74, 6) is -0.561. The number of benzene rings is 3. The van der Waals surface area contributed by atoms with Crippen LogP contribution in [0.5, 0.6) is 0 Å². The van der Waals surface area contributed by atoms with Crippen molar-refractivity contribution in [3.8, 4) is 11.1 Å². The third-order valence-electron chi connectivity index (χ3n) is 5.40. The summed E-state index contributed by atoms with van der Waals surface area (Å²) in [6.07, 6.45) is 1.28. The van der Waals surface area contributed by atoms with E-state index in [1.807, 2.05) is 42.5 Å². The Hall–Kier alpha value is -4.76. The van der Waals surface area contributed by atoms with Crippen molar-refractivity contribution in [1.82, 2.24) is 4.98 Å². The zero-order valence-corrected chi connectivity index (χ0v) is 19.5. The first-order valence-corrected chi connectivity index (χ1v) is 12.4. The first kappa shape index (κ1) is 23.0. The van der Waals surface area contributed by atoms with E-state index in [-0.39, 0.29) is 21.9 Å². The molecule has 0 saturated carbocycles. The van der Waals surface area contributed by atoms with E-state index < -0.39 is 21.6 Å². The molecule has 0 spiro atoms. The number of fused-ring (bicyclic) bond motifs is 1. The molecule has 0 saturated heterocycles. The van der Waals surface area contributed by atoms with Gasteiger partial charge < -0.3 is 9.73 Å². The largest absolute Gasteiger partial charge is 0.422 e. The molecule has 2 heterocycles. The number of aromatic nitrogens is 1. The minimum Gasteiger partial charge on any atom is -0.422 e. The van der Waals surface area contributed by atoms with Gasteiger partial charge in [-0.25, -0.2) is 9.78 Å². The summed E-state index contributed by atoms with van der Waals surface area (Å²) in [5.41, 5.74) is 2.26. The molecule has 0 radical (unpaired) electrons. The number of nitrogens with one attached hydrogen (secondary N) is 2. The van der Waals surface area contributed by atoms with E-state index in [9.17, 15) is 18.0 Å². The standard InChI is InChI=1S/C27H19N3O5S/c31-25-14-11-20-7-4-8-23(26(20)35-25)27(32)29-22-15-16-28-24(17-22)36(33,34)30-21-12-9-19(10-13-21)18-5-2-1-3-6-18/h1-17,30H,(H,28,29,32). The average molecular weight is 498 g/mol. The van der Waals surface area contributed by atoms with Crippen LogP contribution in [-0.2, 0) is 10.0 Å². The van der Waals surface area contributed by atoms with Crippen LogP contribution in [0.1, 0.15) is 10.4 Å². The lowest BCUT2D eigenvalue weighted by Crippen LogP contribution is -2.16. The highest BCUT2D eigenvalue weighted by Gasteiger charge is 2.18. The number of amides is 1. The van der Waals surface area contributed by atoms with Gasteiger partial charge in [0.2, 0.25) is 0 Å². The van der Waals surface area contributed by atoms with Crippen LogP contribution >= 0.6 is 0 Å². The fraction of sp³-hybridized carbons (Fsp3) is 0. The fourth-order valence-corrected chi connectivity index (χ4v) is 4.71. The van der Waals surface area contributed by atoms with Gasteiger partial charge in [0.25, 0.3) is 15.9 Å². The highest BCUT2D eigenvalue weighted by molar-refractivity contribution is 7.92. The third kappa shape index (κ3) is 4.86. The van der Waals surface area contributed by atoms with E-state index in [1.165, 1.54) is 30.5 Å². The summed E-state index contributed by atoms with van der Waals surface area (Å²) in [6, 6.07) is 27.1. The molecule has 9 heteroatoms. The van der Waals surface area contributed by atoms with Gasteiger partial charge in [0.05, 0.1) is 5.56 Å².